The van der Waals surface area contributed by atoms with Gasteiger partial charge < -0.3 is 10.0 Å². The topological polar surface area (TPSA) is 40.5 Å². The number of carboxylic acids is 1. The van der Waals surface area contributed by atoms with E-state index >= 15 is 0 Å². The van der Waals surface area contributed by atoms with Crippen molar-refractivity contribution in [3.8, 4) is 0 Å². The summed E-state index contributed by atoms with van der Waals surface area (Å²) in [5.74, 6) is -0.139. The van der Waals surface area contributed by atoms with Crippen LogP contribution in [0.25, 0.3) is 0 Å². The first-order valence-electron chi connectivity index (χ1n) is 6.96. The van der Waals surface area contributed by atoms with Crippen LogP contribution in [0.3, 0.4) is 0 Å². The highest BCUT2D eigenvalue weighted by atomic mass is 35.5. The first-order valence-corrected chi connectivity index (χ1v) is 7.34. The van der Waals surface area contributed by atoms with Crippen molar-refractivity contribution < 1.29 is 9.90 Å². The number of nitrogens with zero attached hydrogens (tertiary/aromatic N) is 1. The number of anilines is 1. The van der Waals surface area contributed by atoms with E-state index < -0.39 is 5.97 Å². The average molecular weight is 280 g/mol. The summed E-state index contributed by atoms with van der Waals surface area (Å²) in [6, 6.07) is 5.59. The van der Waals surface area contributed by atoms with Crippen molar-refractivity contribution in [3.05, 3.63) is 28.8 Å². The van der Waals surface area contributed by atoms with Crippen LogP contribution in [0.1, 0.15) is 42.5 Å². The predicted octanol–water partition coefficient (Wildman–Crippen LogP) is 3.81. The minimum Gasteiger partial charge on any atom is -0.478 e. The lowest BCUT2D eigenvalue weighted by Crippen LogP contribution is -2.35. The summed E-state index contributed by atoms with van der Waals surface area (Å²) in [4.78, 5) is 13.7. The molecule has 2 unspecified atom stereocenters. The minimum atomic E-state index is -0.870. The second-order valence-corrected chi connectivity index (χ2v) is 6.00. The number of halogens is 1. The predicted molar refractivity (Wildman–Crippen MR) is 76.1 cm³/mol. The molecule has 2 aliphatic rings. The van der Waals surface area contributed by atoms with Crippen LogP contribution in [0.5, 0.6) is 0 Å². The van der Waals surface area contributed by atoms with Gasteiger partial charge >= 0.3 is 5.97 Å². The Morgan fingerprint density at radius 3 is 2.84 bits per heavy atom. The molecule has 4 heteroatoms. The summed E-state index contributed by atoms with van der Waals surface area (Å²) in [7, 11) is 0. The number of carbonyl (C=O) groups is 1. The molecule has 0 radical (unpaired) electrons. The van der Waals surface area contributed by atoms with Gasteiger partial charge in [0.1, 0.15) is 0 Å². The van der Waals surface area contributed by atoms with E-state index in [2.05, 4.69) is 4.90 Å². The number of fused-ring (bicyclic) bond motifs is 1. The molecule has 0 bridgehead atoms. The van der Waals surface area contributed by atoms with Crippen LogP contribution >= 0.6 is 11.6 Å². The third-order valence-corrected chi connectivity index (χ3v) is 4.74. The Morgan fingerprint density at radius 2 is 2.05 bits per heavy atom. The van der Waals surface area contributed by atoms with Crippen molar-refractivity contribution in [3.63, 3.8) is 0 Å². The van der Waals surface area contributed by atoms with Crippen molar-refractivity contribution in [1.82, 2.24) is 0 Å². The van der Waals surface area contributed by atoms with E-state index in [1.54, 1.807) is 12.1 Å². The molecular formula is C15H18ClNO2. The number of rotatable bonds is 2. The van der Waals surface area contributed by atoms with Crippen molar-refractivity contribution in [2.45, 2.75) is 38.1 Å². The second kappa shape index (κ2) is 5.04. The summed E-state index contributed by atoms with van der Waals surface area (Å²) < 4.78 is 0. The van der Waals surface area contributed by atoms with Crippen molar-refractivity contribution >= 4 is 23.3 Å². The first-order chi connectivity index (χ1) is 9.16. The van der Waals surface area contributed by atoms with Gasteiger partial charge in [-0.1, -0.05) is 24.4 Å². The maximum atomic E-state index is 11.4. The summed E-state index contributed by atoms with van der Waals surface area (Å²) in [6.45, 7) is 0.954. The molecule has 0 amide bonds. The highest BCUT2D eigenvalue weighted by Gasteiger charge is 2.37. The Morgan fingerprint density at radius 1 is 1.26 bits per heavy atom. The van der Waals surface area contributed by atoms with E-state index in [9.17, 15) is 9.90 Å². The molecule has 2 fully saturated rings. The fourth-order valence-corrected chi connectivity index (χ4v) is 3.79. The lowest BCUT2D eigenvalue weighted by atomic mass is 9.85. The normalized spacial score (nSPS) is 26.3. The standard InChI is InChI=1S/C15H18ClNO2/c16-11-5-6-12(15(18)19)14(9-11)17-8-7-10-3-1-2-4-13(10)17/h5-6,9-10,13H,1-4,7-8H2,(H,18,19). The lowest BCUT2D eigenvalue weighted by molar-refractivity contribution is 0.0697. The first kappa shape index (κ1) is 12.8. The van der Waals surface area contributed by atoms with Gasteiger partial charge in [-0.25, -0.2) is 4.79 Å². The quantitative estimate of drug-likeness (QED) is 0.895. The molecule has 0 spiro atoms. The zero-order chi connectivity index (χ0) is 13.4. The van der Waals surface area contributed by atoms with Crippen LogP contribution in [-0.4, -0.2) is 23.7 Å². The van der Waals surface area contributed by atoms with Gasteiger partial charge in [-0.2, -0.15) is 0 Å². The van der Waals surface area contributed by atoms with Gasteiger partial charge in [0, 0.05) is 17.6 Å². The Balaban J connectivity index is 1.97. The molecule has 102 valence electrons. The van der Waals surface area contributed by atoms with Crippen LogP contribution in [-0.2, 0) is 0 Å². The summed E-state index contributed by atoms with van der Waals surface area (Å²) >= 11 is 6.06. The van der Waals surface area contributed by atoms with Crippen LogP contribution in [0.15, 0.2) is 18.2 Å². The van der Waals surface area contributed by atoms with Gasteiger partial charge in [-0.05, 0) is 43.4 Å². The van der Waals surface area contributed by atoms with Gasteiger partial charge in [0.25, 0.3) is 0 Å². The number of hydrogen-bond acceptors (Lipinski definition) is 2. The van der Waals surface area contributed by atoms with Crippen LogP contribution < -0.4 is 4.90 Å². The van der Waals surface area contributed by atoms with E-state index in [0.29, 0.717) is 16.6 Å². The van der Waals surface area contributed by atoms with E-state index in [1.165, 1.54) is 32.1 Å². The van der Waals surface area contributed by atoms with E-state index in [4.69, 9.17) is 11.6 Å². The monoisotopic (exact) mass is 279 g/mol. The molecule has 1 aliphatic heterocycles. The SMILES string of the molecule is O=C(O)c1ccc(Cl)cc1N1CCC2CCCCC21. The largest absolute Gasteiger partial charge is 0.478 e. The zero-order valence-corrected chi connectivity index (χ0v) is 11.6. The fraction of sp³-hybridized carbons (Fsp3) is 0.533. The molecule has 1 aromatic rings. The second-order valence-electron chi connectivity index (χ2n) is 5.56. The number of carboxylic acid groups (broad SMARTS) is 1. The Hall–Kier alpha value is -1.22. The van der Waals surface area contributed by atoms with Crippen molar-refractivity contribution in [2.75, 3.05) is 11.4 Å². The van der Waals surface area contributed by atoms with Crippen LogP contribution in [0, 0.1) is 5.92 Å². The molecule has 1 aliphatic carbocycles. The molecule has 3 rings (SSSR count). The van der Waals surface area contributed by atoms with Crippen LogP contribution in [0.2, 0.25) is 5.02 Å². The van der Waals surface area contributed by atoms with Crippen molar-refractivity contribution in [2.24, 2.45) is 5.92 Å². The van der Waals surface area contributed by atoms with Gasteiger partial charge in [0.05, 0.1) is 11.3 Å². The molecular weight excluding hydrogens is 262 g/mol. The smallest absolute Gasteiger partial charge is 0.337 e. The fourth-order valence-electron chi connectivity index (χ4n) is 3.63. The maximum Gasteiger partial charge on any atom is 0.337 e. The molecule has 0 aromatic heterocycles. The molecule has 1 heterocycles. The molecule has 2 atom stereocenters. The molecule has 1 saturated carbocycles. The third-order valence-electron chi connectivity index (χ3n) is 4.51. The lowest BCUT2D eigenvalue weighted by Gasteiger charge is -2.34. The summed E-state index contributed by atoms with van der Waals surface area (Å²) in [5.41, 5.74) is 1.17. The van der Waals surface area contributed by atoms with Crippen LogP contribution in [0.4, 0.5) is 5.69 Å². The molecule has 1 N–H and O–H groups in total. The molecule has 19 heavy (non-hydrogen) atoms. The third kappa shape index (κ3) is 2.32. The van der Waals surface area contributed by atoms with E-state index in [1.807, 2.05) is 6.07 Å². The molecule has 3 nitrogen and oxygen atoms in total. The van der Waals surface area contributed by atoms with E-state index in [-0.39, 0.29) is 0 Å². The highest BCUT2D eigenvalue weighted by Crippen LogP contribution is 2.40. The Labute approximate surface area is 118 Å². The molecule has 1 saturated heterocycles. The summed E-state index contributed by atoms with van der Waals surface area (Å²) in [5, 5.41) is 9.95. The average Bonchev–Trinajstić information content (AvgIpc) is 2.82. The van der Waals surface area contributed by atoms with Gasteiger partial charge in [-0.3, -0.25) is 0 Å². The number of aromatic carboxylic acids is 1. The minimum absolute atomic E-state index is 0.371. The summed E-state index contributed by atoms with van der Waals surface area (Å²) in [6.07, 6.45) is 6.20. The highest BCUT2D eigenvalue weighted by molar-refractivity contribution is 6.31. The Kier molecular flexibility index (Phi) is 3.40. The molecule has 1 aromatic carbocycles. The van der Waals surface area contributed by atoms with E-state index in [0.717, 1.165) is 18.2 Å². The van der Waals surface area contributed by atoms with Crippen molar-refractivity contribution in [1.29, 1.82) is 0 Å². The van der Waals surface area contributed by atoms with Gasteiger partial charge in [-0.15, -0.1) is 0 Å². The maximum absolute atomic E-state index is 11.4. The number of hydrogen-bond donors (Lipinski definition) is 1. The Bertz CT molecular complexity index is 503. The van der Waals surface area contributed by atoms with Gasteiger partial charge in [0.15, 0.2) is 0 Å². The van der Waals surface area contributed by atoms with Gasteiger partial charge in [0.2, 0.25) is 0 Å². The number of benzene rings is 1. The zero-order valence-electron chi connectivity index (χ0n) is 10.8.